The van der Waals surface area contributed by atoms with Crippen LogP contribution in [0.5, 0.6) is 0 Å². The molecule has 2 atom stereocenters. The standard InChI is InChI=1S/C31H27N5O2S.H3P/c1-38-30(37)28(32-29(25-14-5-2-6-15-25)26-16-7-3-8-17-26)21-23-12-11-13-24(20-23)22-39-31-33-34-35-36(31)27-18-9-4-10-19-27;/h2-20,28H,21-22H2,1H3;1H3. The fourth-order valence-electron chi connectivity index (χ4n) is 4.20. The smallest absolute Gasteiger partial charge is 0.330 e. The van der Waals surface area contributed by atoms with Crippen molar-refractivity contribution in [3.05, 3.63) is 138 Å². The molecule has 202 valence electrons. The number of aromatic nitrogens is 4. The second-order valence-electron chi connectivity index (χ2n) is 8.77. The van der Waals surface area contributed by atoms with Crippen molar-refractivity contribution < 1.29 is 9.53 Å². The Morgan fingerprint density at radius 3 is 2.08 bits per heavy atom. The van der Waals surface area contributed by atoms with Gasteiger partial charge in [0.1, 0.15) is 0 Å². The van der Waals surface area contributed by atoms with Gasteiger partial charge in [-0.05, 0) is 33.7 Å². The summed E-state index contributed by atoms with van der Waals surface area (Å²) in [6.07, 6.45) is 0.413. The predicted molar refractivity (Wildman–Crippen MR) is 164 cm³/mol. The number of para-hydroxylation sites is 1. The molecule has 5 rings (SSSR count). The van der Waals surface area contributed by atoms with Crippen LogP contribution in [-0.4, -0.2) is 45.0 Å². The molecule has 0 radical (unpaired) electrons. The van der Waals surface area contributed by atoms with Crippen molar-refractivity contribution in [1.29, 1.82) is 0 Å². The number of rotatable bonds is 10. The Bertz CT molecular complexity index is 1500. The highest BCUT2D eigenvalue weighted by Crippen LogP contribution is 2.24. The van der Waals surface area contributed by atoms with Gasteiger partial charge in [0.25, 0.3) is 0 Å². The third kappa shape index (κ3) is 7.29. The minimum absolute atomic E-state index is 0. The maximum atomic E-state index is 12.9. The second kappa shape index (κ2) is 14.3. The molecule has 0 amide bonds. The van der Waals surface area contributed by atoms with Crippen LogP contribution in [-0.2, 0) is 21.7 Å². The van der Waals surface area contributed by atoms with Crippen molar-refractivity contribution in [3.8, 4) is 5.69 Å². The zero-order valence-corrected chi connectivity index (χ0v) is 24.4. The van der Waals surface area contributed by atoms with Gasteiger partial charge in [0.05, 0.1) is 18.5 Å². The first kappa shape index (κ1) is 28.9. The number of aliphatic imine (C=N–C) groups is 1. The van der Waals surface area contributed by atoms with Gasteiger partial charge in [-0.3, -0.25) is 4.99 Å². The number of thioether (sulfide) groups is 1. The number of tetrazole rings is 1. The van der Waals surface area contributed by atoms with Crippen LogP contribution >= 0.6 is 21.7 Å². The summed E-state index contributed by atoms with van der Waals surface area (Å²) in [5.74, 6) is 0.299. The molecule has 0 aliphatic heterocycles. The monoisotopic (exact) mass is 567 g/mol. The van der Waals surface area contributed by atoms with Crippen LogP contribution in [0.4, 0.5) is 0 Å². The van der Waals surface area contributed by atoms with Gasteiger partial charge in [0.15, 0.2) is 6.04 Å². The van der Waals surface area contributed by atoms with Crippen LogP contribution in [0.15, 0.2) is 125 Å². The molecule has 1 aromatic heterocycles. The molecule has 40 heavy (non-hydrogen) atoms. The van der Waals surface area contributed by atoms with Crippen molar-refractivity contribution in [2.24, 2.45) is 4.99 Å². The Labute approximate surface area is 241 Å². The van der Waals surface area contributed by atoms with Gasteiger partial charge in [-0.2, -0.15) is 14.6 Å². The van der Waals surface area contributed by atoms with Crippen molar-refractivity contribution in [2.45, 2.75) is 23.4 Å². The number of methoxy groups -OCH3 is 1. The van der Waals surface area contributed by atoms with Gasteiger partial charge < -0.3 is 4.74 Å². The molecule has 0 saturated heterocycles. The number of esters is 1. The summed E-state index contributed by atoms with van der Waals surface area (Å²) in [5, 5.41) is 12.9. The fourth-order valence-corrected chi connectivity index (χ4v) is 5.03. The maximum Gasteiger partial charge on any atom is 0.330 e. The van der Waals surface area contributed by atoms with Crippen LogP contribution in [0.2, 0.25) is 0 Å². The Morgan fingerprint density at radius 1 is 0.850 bits per heavy atom. The number of nitrogens with zero attached hydrogens (tertiary/aromatic N) is 5. The summed E-state index contributed by atoms with van der Waals surface area (Å²) in [7, 11) is 1.40. The normalized spacial score (nSPS) is 11.2. The Kier molecular flexibility index (Phi) is 10.3. The van der Waals surface area contributed by atoms with Crippen LogP contribution in [0.3, 0.4) is 0 Å². The first-order chi connectivity index (χ1) is 19.2. The molecule has 2 unspecified atom stereocenters. The summed E-state index contributed by atoms with van der Waals surface area (Å²) in [4.78, 5) is 17.8. The van der Waals surface area contributed by atoms with E-state index in [4.69, 9.17) is 9.73 Å². The SMILES string of the molecule is COC(=O)C(Cc1cccc(CSc2nnnn2-c2ccccc2)c1)N=C(c1ccccc1)c1ccccc1.P. The Balaban J connectivity index is 0.00000370. The van der Waals surface area contributed by atoms with E-state index < -0.39 is 6.04 Å². The van der Waals surface area contributed by atoms with Crippen molar-refractivity contribution in [1.82, 2.24) is 20.2 Å². The van der Waals surface area contributed by atoms with E-state index in [0.29, 0.717) is 17.3 Å². The second-order valence-corrected chi connectivity index (χ2v) is 9.71. The quantitative estimate of drug-likeness (QED) is 0.0941. The van der Waals surface area contributed by atoms with Gasteiger partial charge in [-0.15, -0.1) is 5.10 Å². The van der Waals surface area contributed by atoms with E-state index in [1.807, 2.05) is 103 Å². The fraction of sp³-hybridized carbons (Fsp3) is 0.129. The molecular formula is C31H30N5O2PS. The van der Waals surface area contributed by atoms with Crippen molar-refractivity contribution in [3.63, 3.8) is 0 Å². The highest BCUT2D eigenvalue weighted by atomic mass is 32.2. The number of carbonyl (C=O) groups is 1. The number of benzene rings is 4. The highest BCUT2D eigenvalue weighted by molar-refractivity contribution is 7.98. The summed E-state index contributed by atoms with van der Waals surface area (Å²) in [5.41, 5.74) is 5.64. The molecule has 0 bridgehead atoms. The Morgan fingerprint density at radius 2 is 1.45 bits per heavy atom. The third-order valence-corrected chi connectivity index (χ3v) is 7.07. The molecule has 5 aromatic rings. The van der Waals surface area contributed by atoms with Crippen molar-refractivity contribution >= 4 is 33.3 Å². The van der Waals surface area contributed by atoms with Crippen LogP contribution in [0, 0.1) is 0 Å². The third-order valence-electron chi connectivity index (χ3n) is 6.08. The van der Waals surface area contributed by atoms with E-state index >= 15 is 0 Å². The molecule has 0 saturated carbocycles. The molecule has 0 fully saturated rings. The number of carbonyl (C=O) groups excluding carboxylic acids is 1. The predicted octanol–water partition coefficient (Wildman–Crippen LogP) is 5.63. The van der Waals surface area contributed by atoms with Gasteiger partial charge >= 0.3 is 5.97 Å². The summed E-state index contributed by atoms with van der Waals surface area (Å²) < 4.78 is 6.89. The van der Waals surface area contributed by atoms with E-state index in [-0.39, 0.29) is 15.9 Å². The summed E-state index contributed by atoms with van der Waals surface area (Å²) in [6.45, 7) is 0. The summed E-state index contributed by atoms with van der Waals surface area (Å²) in [6, 6.07) is 37.1. The lowest BCUT2D eigenvalue weighted by Gasteiger charge is -2.15. The molecule has 0 spiro atoms. The molecule has 4 aromatic carbocycles. The first-order valence-electron chi connectivity index (χ1n) is 12.5. The highest BCUT2D eigenvalue weighted by Gasteiger charge is 2.21. The van der Waals surface area contributed by atoms with Gasteiger partial charge in [0, 0.05) is 23.3 Å². The van der Waals surface area contributed by atoms with Gasteiger partial charge in [0.2, 0.25) is 5.16 Å². The molecular weight excluding hydrogens is 537 g/mol. The maximum absolute atomic E-state index is 12.9. The molecule has 1 heterocycles. The average Bonchev–Trinajstić information content (AvgIpc) is 3.48. The van der Waals surface area contributed by atoms with E-state index in [2.05, 4.69) is 27.7 Å². The van der Waals surface area contributed by atoms with Crippen LogP contribution in [0.25, 0.3) is 5.69 Å². The van der Waals surface area contributed by atoms with E-state index in [0.717, 1.165) is 33.7 Å². The van der Waals surface area contributed by atoms with E-state index in [9.17, 15) is 4.79 Å². The largest absolute Gasteiger partial charge is 0.467 e. The lowest BCUT2D eigenvalue weighted by molar-refractivity contribution is -0.142. The van der Waals surface area contributed by atoms with Gasteiger partial charge in [-0.25, -0.2) is 4.79 Å². The summed E-state index contributed by atoms with van der Waals surface area (Å²) >= 11 is 1.55. The Hall–Kier alpha value is -4.13. The average molecular weight is 568 g/mol. The zero-order chi connectivity index (χ0) is 26.9. The van der Waals surface area contributed by atoms with Crippen molar-refractivity contribution in [2.75, 3.05) is 7.11 Å². The van der Waals surface area contributed by atoms with Gasteiger partial charge in [-0.1, -0.05) is 115 Å². The zero-order valence-electron chi connectivity index (χ0n) is 22.1. The molecule has 0 aliphatic rings. The molecule has 0 N–H and O–H groups in total. The number of ether oxygens (including phenoxy) is 1. The van der Waals surface area contributed by atoms with Crippen LogP contribution in [0.1, 0.15) is 22.3 Å². The minimum atomic E-state index is -0.696. The van der Waals surface area contributed by atoms with E-state index in [1.54, 1.807) is 16.4 Å². The lowest BCUT2D eigenvalue weighted by Crippen LogP contribution is -2.25. The molecule has 9 heteroatoms. The number of hydrogen-bond acceptors (Lipinski definition) is 7. The topological polar surface area (TPSA) is 82.3 Å². The lowest BCUT2D eigenvalue weighted by atomic mass is 10.00. The van der Waals surface area contributed by atoms with Crippen LogP contribution < -0.4 is 0 Å². The van der Waals surface area contributed by atoms with E-state index in [1.165, 1.54) is 7.11 Å². The number of hydrogen-bond donors (Lipinski definition) is 0. The molecule has 0 aliphatic carbocycles. The molecule has 7 nitrogen and oxygen atoms in total. The minimum Gasteiger partial charge on any atom is -0.467 e. The first-order valence-corrected chi connectivity index (χ1v) is 13.5.